The van der Waals surface area contributed by atoms with E-state index in [4.69, 9.17) is 4.74 Å². The average Bonchev–Trinajstić information content (AvgIpc) is 2.97. The number of aromatic nitrogens is 2. The summed E-state index contributed by atoms with van der Waals surface area (Å²) in [4.78, 5) is 21.7. The Balaban J connectivity index is 2.02. The van der Waals surface area contributed by atoms with E-state index in [1.807, 2.05) is 38.1 Å². The fraction of sp³-hybridized carbons (Fsp3) is 0.412. The van der Waals surface area contributed by atoms with E-state index in [0.717, 1.165) is 23.0 Å². The van der Waals surface area contributed by atoms with Crippen LogP contribution in [-0.2, 0) is 11.3 Å². The Kier molecular flexibility index (Phi) is 5.62. The van der Waals surface area contributed by atoms with E-state index in [2.05, 4.69) is 15.3 Å². The SMILES string of the molecule is CC[C@H](Nc1cccc(OC)c1)C(=O)N(C)Cc1ncc(C)[nH]1. The first-order valence-corrected chi connectivity index (χ1v) is 7.69. The van der Waals surface area contributed by atoms with Crippen LogP contribution >= 0.6 is 0 Å². The number of aryl methyl sites for hydroxylation is 1. The zero-order valence-electron chi connectivity index (χ0n) is 14.1. The molecule has 1 aromatic carbocycles. The molecule has 0 aliphatic heterocycles. The maximum atomic E-state index is 12.6. The van der Waals surface area contributed by atoms with Gasteiger partial charge in [-0.3, -0.25) is 4.79 Å². The molecule has 0 fully saturated rings. The van der Waals surface area contributed by atoms with Crippen molar-refractivity contribution in [3.8, 4) is 5.75 Å². The number of nitrogens with one attached hydrogen (secondary N) is 2. The van der Waals surface area contributed by atoms with Crippen LogP contribution in [0.25, 0.3) is 0 Å². The Hall–Kier alpha value is -2.50. The van der Waals surface area contributed by atoms with Crippen LogP contribution in [0.2, 0.25) is 0 Å². The lowest BCUT2D eigenvalue weighted by Crippen LogP contribution is -2.40. The molecule has 6 nitrogen and oxygen atoms in total. The maximum absolute atomic E-state index is 12.6. The van der Waals surface area contributed by atoms with Gasteiger partial charge in [-0.25, -0.2) is 4.98 Å². The van der Waals surface area contributed by atoms with E-state index in [1.54, 1.807) is 25.3 Å². The molecule has 1 atom stereocenters. The zero-order chi connectivity index (χ0) is 16.8. The van der Waals surface area contributed by atoms with Gasteiger partial charge in [0.05, 0.1) is 13.7 Å². The van der Waals surface area contributed by atoms with Gasteiger partial charge in [0.2, 0.25) is 5.91 Å². The van der Waals surface area contributed by atoms with Crippen molar-refractivity contribution in [2.75, 3.05) is 19.5 Å². The summed E-state index contributed by atoms with van der Waals surface area (Å²) in [6, 6.07) is 7.29. The minimum atomic E-state index is -0.289. The van der Waals surface area contributed by atoms with E-state index >= 15 is 0 Å². The van der Waals surface area contributed by atoms with Gasteiger partial charge in [0.15, 0.2) is 0 Å². The van der Waals surface area contributed by atoms with Crippen molar-refractivity contribution in [2.45, 2.75) is 32.9 Å². The molecule has 6 heteroatoms. The Bertz CT molecular complexity index is 654. The number of carbonyl (C=O) groups excluding carboxylic acids is 1. The largest absolute Gasteiger partial charge is 0.497 e. The maximum Gasteiger partial charge on any atom is 0.245 e. The van der Waals surface area contributed by atoms with Gasteiger partial charge >= 0.3 is 0 Å². The third kappa shape index (κ3) is 4.48. The molecular formula is C17H24N4O2. The first-order valence-electron chi connectivity index (χ1n) is 7.69. The van der Waals surface area contributed by atoms with Crippen LogP contribution in [0, 0.1) is 6.92 Å². The first-order chi connectivity index (χ1) is 11.0. The lowest BCUT2D eigenvalue weighted by Gasteiger charge is -2.24. The molecule has 0 saturated carbocycles. The fourth-order valence-electron chi connectivity index (χ4n) is 2.37. The molecule has 1 amide bonds. The van der Waals surface area contributed by atoms with E-state index in [9.17, 15) is 4.79 Å². The van der Waals surface area contributed by atoms with Gasteiger partial charge in [-0.15, -0.1) is 0 Å². The zero-order valence-corrected chi connectivity index (χ0v) is 14.1. The molecule has 0 bridgehead atoms. The second kappa shape index (κ2) is 7.67. The van der Waals surface area contributed by atoms with E-state index < -0.39 is 0 Å². The van der Waals surface area contributed by atoms with Gasteiger partial charge in [0.25, 0.3) is 0 Å². The highest BCUT2D eigenvalue weighted by molar-refractivity contribution is 5.84. The van der Waals surface area contributed by atoms with Gasteiger partial charge < -0.3 is 19.9 Å². The minimum Gasteiger partial charge on any atom is -0.497 e. The van der Waals surface area contributed by atoms with Crippen LogP contribution < -0.4 is 10.1 Å². The second-order valence-corrected chi connectivity index (χ2v) is 5.54. The summed E-state index contributed by atoms with van der Waals surface area (Å²) in [6.07, 6.45) is 2.46. The van der Waals surface area contributed by atoms with Crippen LogP contribution in [0.1, 0.15) is 24.9 Å². The second-order valence-electron chi connectivity index (χ2n) is 5.54. The van der Waals surface area contributed by atoms with Gasteiger partial charge in [-0.2, -0.15) is 0 Å². The van der Waals surface area contributed by atoms with Crippen molar-refractivity contribution >= 4 is 11.6 Å². The molecule has 2 N–H and O–H groups in total. The summed E-state index contributed by atoms with van der Waals surface area (Å²) in [5.74, 6) is 1.58. The van der Waals surface area contributed by atoms with E-state index in [0.29, 0.717) is 13.0 Å². The lowest BCUT2D eigenvalue weighted by molar-refractivity contribution is -0.131. The highest BCUT2D eigenvalue weighted by Crippen LogP contribution is 2.18. The van der Waals surface area contributed by atoms with Gasteiger partial charge in [0, 0.05) is 30.7 Å². The molecule has 0 radical (unpaired) electrons. The number of H-pyrrole nitrogens is 1. The number of imidazole rings is 1. The fourth-order valence-corrected chi connectivity index (χ4v) is 2.37. The highest BCUT2D eigenvalue weighted by Gasteiger charge is 2.21. The molecule has 0 spiro atoms. The van der Waals surface area contributed by atoms with Crippen molar-refractivity contribution in [3.05, 3.63) is 42.0 Å². The quantitative estimate of drug-likeness (QED) is 0.823. The van der Waals surface area contributed by atoms with Crippen LogP contribution in [-0.4, -0.2) is 41.0 Å². The Labute approximate surface area is 136 Å². The molecular weight excluding hydrogens is 292 g/mol. The van der Waals surface area contributed by atoms with Gasteiger partial charge in [-0.05, 0) is 25.5 Å². The van der Waals surface area contributed by atoms with Crippen molar-refractivity contribution in [3.63, 3.8) is 0 Å². The third-order valence-electron chi connectivity index (χ3n) is 3.64. The number of aromatic amines is 1. The average molecular weight is 316 g/mol. The van der Waals surface area contributed by atoms with Gasteiger partial charge in [0.1, 0.15) is 17.6 Å². The smallest absolute Gasteiger partial charge is 0.245 e. The summed E-state index contributed by atoms with van der Waals surface area (Å²) in [5, 5.41) is 3.27. The lowest BCUT2D eigenvalue weighted by atomic mass is 10.1. The van der Waals surface area contributed by atoms with Crippen LogP contribution in [0.4, 0.5) is 5.69 Å². The van der Waals surface area contributed by atoms with E-state index in [1.165, 1.54) is 0 Å². The number of nitrogens with zero attached hydrogens (tertiary/aromatic N) is 2. The molecule has 23 heavy (non-hydrogen) atoms. The minimum absolute atomic E-state index is 0.0318. The molecule has 1 aromatic heterocycles. The molecule has 0 unspecified atom stereocenters. The predicted molar refractivity (Wildman–Crippen MR) is 90.5 cm³/mol. The molecule has 2 rings (SSSR count). The highest BCUT2D eigenvalue weighted by atomic mass is 16.5. The number of carbonyl (C=O) groups is 1. The predicted octanol–water partition coefficient (Wildman–Crippen LogP) is 2.58. The third-order valence-corrected chi connectivity index (χ3v) is 3.64. The standard InChI is InChI=1S/C17H24N4O2/c1-5-15(20-13-7-6-8-14(9-13)23-4)17(22)21(3)11-16-18-10-12(2)19-16/h6-10,15,20H,5,11H2,1-4H3,(H,18,19)/t15-/m0/s1. The molecule has 124 valence electrons. The number of methoxy groups -OCH3 is 1. The van der Waals surface area contributed by atoms with Crippen LogP contribution in [0.5, 0.6) is 5.75 Å². The molecule has 1 heterocycles. The number of likely N-dealkylation sites (N-methyl/N-ethyl adjacent to an activating group) is 1. The summed E-state index contributed by atoms with van der Waals surface area (Å²) in [7, 11) is 3.41. The number of benzene rings is 1. The molecule has 0 aliphatic rings. The van der Waals surface area contributed by atoms with Crippen molar-refractivity contribution in [2.24, 2.45) is 0 Å². The number of amides is 1. The normalized spacial score (nSPS) is 11.8. The molecule has 0 saturated heterocycles. The van der Waals surface area contributed by atoms with Gasteiger partial charge in [-0.1, -0.05) is 13.0 Å². The van der Waals surface area contributed by atoms with Crippen molar-refractivity contribution in [1.29, 1.82) is 0 Å². The summed E-state index contributed by atoms with van der Waals surface area (Å²) in [5.41, 5.74) is 1.86. The van der Waals surface area contributed by atoms with Crippen molar-refractivity contribution < 1.29 is 9.53 Å². The number of anilines is 1. The Morgan fingerprint density at radius 3 is 2.87 bits per heavy atom. The Morgan fingerprint density at radius 2 is 2.26 bits per heavy atom. The van der Waals surface area contributed by atoms with Crippen molar-refractivity contribution in [1.82, 2.24) is 14.9 Å². The molecule has 2 aromatic rings. The number of rotatable bonds is 7. The Morgan fingerprint density at radius 1 is 1.48 bits per heavy atom. The summed E-state index contributed by atoms with van der Waals surface area (Å²) >= 11 is 0. The van der Waals surface area contributed by atoms with Crippen LogP contribution in [0.3, 0.4) is 0 Å². The summed E-state index contributed by atoms with van der Waals surface area (Å²) in [6.45, 7) is 4.39. The van der Waals surface area contributed by atoms with Crippen LogP contribution in [0.15, 0.2) is 30.5 Å². The number of ether oxygens (including phenoxy) is 1. The number of hydrogen-bond acceptors (Lipinski definition) is 4. The molecule has 0 aliphatic carbocycles. The number of hydrogen-bond donors (Lipinski definition) is 2. The topological polar surface area (TPSA) is 70.2 Å². The monoisotopic (exact) mass is 316 g/mol. The first kappa shape index (κ1) is 16.9. The van der Waals surface area contributed by atoms with E-state index in [-0.39, 0.29) is 11.9 Å². The summed E-state index contributed by atoms with van der Waals surface area (Å²) < 4.78 is 5.21.